The number of nitrogens with two attached hydrogens (primary N) is 1. The number of anilines is 1. The van der Waals surface area contributed by atoms with Crippen molar-refractivity contribution in [3.05, 3.63) is 46.2 Å². The van der Waals surface area contributed by atoms with Gasteiger partial charge in [0, 0.05) is 0 Å². The van der Waals surface area contributed by atoms with Crippen LogP contribution in [0.4, 0.5) is 17.2 Å². The second kappa shape index (κ2) is 5.89. The summed E-state index contributed by atoms with van der Waals surface area (Å²) in [5.74, 6) is -0.824. The van der Waals surface area contributed by atoms with Gasteiger partial charge in [-0.3, -0.25) is 0 Å². The molecule has 0 spiro atoms. The fourth-order valence-electron chi connectivity index (χ4n) is 2.19. The summed E-state index contributed by atoms with van der Waals surface area (Å²) in [5, 5.41) is 21.8. The molecule has 9 heteroatoms. The summed E-state index contributed by atoms with van der Waals surface area (Å²) in [4.78, 5) is 15.2. The number of azo groups is 1. The third-order valence-corrected chi connectivity index (χ3v) is 4.02. The SMILES string of the molecule is Cc1nc2c(N=Nc3ccc(C(=O)O)cc3)c(N)nn2c(C)c1Cl. The number of benzene rings is 1. The lowest BCUT2D eigenvalue weighted by atomic mass is 10.2. The van der Waals surface area contributed by atoms with Crippen LogP contribution in [0.25, 0.3) is 5.65 Å². The van der Waals surface area contributed by atoms with E-state index in [0.29, 0.717) is 33.4 Å². The van der Waals surface area contributed by atoms with Crippen molar-refractivity contribution in [2.45, 2.75) is 13.8 Å². The van der Waals surface area contributed by atoms with E-state index in [2.05, 4.69) is 20.3 Å². The first-order chi connectivity index (χ1) is 11.4. The quantitative estimate of drug-likeness (QED) is 0.702. The number of fused-ring (bicyclic) bond motifs is 1. The largest absolute Gasteiger partial charge is 0.478 e. The minimum Gasteiger partial charge on any atom is -0.478 e. The lowest BCUT2D eigenvalue weighted by Gasteiger charge is -2.03. The van der Waals surface area contributed by atoms with Crippen molar-refractivity contribution in [3.8, 4) is 0 Å². The Morgan fingerprint density at radius 1 is 1.25 bits per heavy atom. The maximum Gasteiger partial charge on any atom is 0.335 e. The summed E-state index contributed by atoms with van der Waals surface area (Å²) < 4.78 is 1.52. The zero-order valence-corrected chi connectivity index (χ0v) is 13.6. The summed E-state index contributed by atoms with van der Waals surface area (Å²) in [5.41, 5.74) is 8.70. The minimum absolute atomic E-state index is 0.173. The van der Waals surface area contributed by atoms with Gasteiger partial charge >= 0.3 is 5.97 Å². The van der Waals surface area contributed by atoms with Gasteiger partial charge in [-0.15, -0.1) is 10.2 Å². The molecule has 0 atom stereocenters. The Kier molecular flexibility index (Phi) is 3.90. The minimum atomic E-state index is -1.00. The van der Waals surface area contributed by atoms with E-state index in [0.717, 1.165) is 0 Å². The Morgan fingerprint density at radius 2 is 1.92 bits per heavy atom. The van der Waals surface area contributed by atoms with E-state index in [4.69, 9.17) is 22.4 Å². The molecule has 0 amide bonds. The molecule has 0 aliphatic rings. The van der Waals surface area contributed by atoms with Gasteiger partial charge in [0.1, 0.15) is 0 Å². The van der Waals surface area contributed by atoms with Crippen molar-refractivity contribution in [3.63, 3.8) is 0 Å². The molecule has 0 unspecified atom stereocenters. The number of hydrogen-bond donors (Lipinski definition) is 2. The summed E-state index contributed by atoms with van der Waals surface area (Å²) >= 11 is 6.17. The van der Waals surface area contributed by atoms with E-state index in [1.165, 1.54) is 16.6 Å². The molecule has 0 aliphatic heterocycles. The Hall–Kier alpha value is -3.00. The molecular weight excluding hydrogens is 332 g/mol. The van der Waals surface area contributed by atoms with E-state index in [1.54, 1.807) is 19.1 Å². The highest BCUT2D eigenvalue weighted by atomic mass is 35.5. The number of hydrogen-bond acceptors (Lipinski definition) is 6. The molecule has 1 aromatic carbocycles. The van der Waals surface area contributed by atoms with Crippen molar-refractivity contribution in [2.24, 2.45) is 10.2 Å². The second-order valence-electron chi connectivity index (χ2n) is 5.12. The van der Waals surface area contributed by atoms with Gasteiger partial charge in [-0.25, -0.2) is 14.3 Å². The van der Waals surface area contributed by atoms with Crippen molar-refractivity contribution in [1.29, 1.82) is 0 Å². The molecule has 0 fully saturated rings. The number of carbonyl (C=O) groups is 1. The van der Waals surface area contributed by atoms with E-state index < -0.39 is 5.97 Å². The zero-order valence-electron chi connectivity index (χ0n) is 12.9. The molecule has 122 valence electrons. The van der Waals surface area contributed by atoms with Crippen LogP contribution in [-0.2, 0) is 0 Å². The van der Waals surface area contributed by atoms with Crippen LogP contribution >= 0.6 is 11.6 Å². The van der Waals surface area contributed by atoms with Gasteiger partial charge in [0.15, 0.2) is 17.2 Å². The molecule has 0 bridgehead atoms. The van der Waals surface area contributed by atoms with E-state index >= 15 is 0 Å². The number of nitrogen functional groups attached to an aromatic ring is 1. The molecule has 3 aromatic rings. The van der Waals surface area contributed by atoms with Crippen molar-refractivity contribution in [1.82, 2.24) is 14.6 Å². The first kappa shape index (κ1) is 15.9. The Balaban J connectivity index is 2.03. The standard InChI is InChI=1S/C15H13ClN6O2/c1-7-11(16)8(2)22-14(18-7)12(13(17)21-22)20-19-10-5-3-9(4-6-10)15(23)24/h3-6H,1-2H3,(H2,17,21)(H,23,24). The van der Waals surface area contributed by atoms with Gasteiger partial charge in [-0.1, -0.05) is 11.6 Å². The molecule has 0 saturated heterocycles. The molecule has 2 aromatic heterocycles. The number of carboxylic acids is 1. The zero-order chi connectivity index (χ0) is 17.4. The van der Waals surface area contributed by atoms with Gasteiger partial charge in [-0.05, 0) is 38.1 Å². The molecule has 0 radical (unpaired) electrons. The van der Waals surface area contributed by atoms with Gasteiger partial charge < -0.3 is 10.8 Å². The number of halogens is 1. The lowest BCUT2D eigenvalue weighted by Crippen LogP contribution is -1.99. The van der Waals surface area contributed by atoms with Crippen molar-refractivity contribution in [2.75, 3.05) is 5.73 Å². The molecule has 3 rings (SSSR count). The lowest BCUT2D eigenvalue weighted by molar-refractivity contribution is 0.0697. The Morgan fingerprint density at radius 3 is 2.54 bits per heavy atom. The number of nitrogens with zero attached hydrogens (tertiary/aromatic N) is 5. The number of carboxylic acid groups (broad SMARTS) is 1. The predicted molar refractivity (Wildman–Crippen MR) is 89.5 cm³/mol. The molecule has 0 saturated carbocycles. The second-order valence-corrected chi connectivity index (χ2v) is 5.50. The van der Waals surface area contributed by atoms with Crippen LogP contribution in [0.1, 0.15) is 21.7 Å². The van der Waals surface area contributed by atoms with Crippen LogP contribution in [0.5, 0.6) is 0 Å². The van der Waals surface area contributed by atoms with E-state index in [-0.39, 0.29) is 11.4 Å². The Bertz CT molecular complexity index is 978. The molecule has 3 N–H and O–H groups in total. The fourth-order valence-corrected chi connectivity index (χ4v) is 2.31. The summed E-state index contributed by atoms with van der Waals surface area (Å²) in [6.07, 6.45) is 0. The smallest absolute Gasteiger partial charge is 0.335 e. The number of rotatable bonds is 3. The third-order valence-electron chi connectivity index (χ3n) is 3.47. The third kappa shape index (κ3) is 2.67. The van der Waals surface area contributed by atoms with Gasteiger partial charge in [0.05, 0.1) is 27.7 Å². The van der Waals surface area contributed by atoms with Gasteiger partial charge in [0.2, 0.25) is 0 Å². The van der Waals surface area contributed by atoms with Crippen molar-refractivity contribution >= 4 is 40.4 Å². The monoisotopic (exact) mass is 344 g/mol. The summed E-state index contributed by atoms with van der Waals surface area (Å²) in [7, 11) is 0. The predicted octanol–water partition coefficient (Wildman–Crippen LogP) is 3.70. The maximum atomic E-state index is 10.8. The fraction of sp³-hybridized carbons (Fsp3) is 0.133. The molecule has 2 heterocycles. The van der Waals surface area contributed by atoms with Crippen LogP contribution in [0.3, 0.4) is 0 Å². The summed E-state index contributed by atoms with van der Waals surface area (Å²) in [6.45, 7) is 3.59. The van der Waals surface area contributed by atoms with E-state index in [9.17, 15) is 4.79 Å². The van der Waals surface area contributed by atoms with Gasteiger partial charge in [0.25, 0.3) is 0 Å². The number of aromatic nitrogens is 3. The highest BCUT2D eigenvalue weighted by Gasteiger charge is 2.16. The number of aromatic carboxylic acids is 1. The average molecular weight is 345 g/mol. The van der Waals surface area contributed by atoms with Crippen molar-refractivity contribution < 1.29 is 9.90 Å². The van der Waals surface area contributed by atoms with Crippen LogP contribution in [0.2, 0.25) is 5.02 Å². The highest BCUT2D eigenvalue weighted by molar-refractivity contribution is 6.31. The first-order valence-electron chi connectivity index (χ1n) is 6.94. The normalized spacial score (nSPS) is 11.5. The highest BCUT2D eigenvalue weighted by Crippen LogP contribution is 2.31. The topological polar surface area (TPSA) is 118 Å². The van der Waals surface area contributed by atoms with Crippen LogP contribution in [-0.4, -0.2) is 25.7 Å². The van der Waals surface area contributed by atoms with Crippen LogP contribution < -0.4 is 5.73 Å². The van der Waals surface area contributed by atoms with Crippen LogP contribution in [0, 0.1) is 13.8 Å². The molecule has 8 nitrogen and oxygen atoms in total. The maximum absolute atomic E-state index is 10.8. The summed E-state index contributed by atoms with van der Waals surface area (Å²) in [6, 6.07) is 6.00. The molecular formula is C15H13ClN6O2. The Labute approximate surface area is 141 Å². The van der Waals surface area contributed by atoms with E-state index in [1.807, 2.05) is 6.92 Å². The van der Waals surface area contributed by atoms with Crippen LogP contribution in [0.15, 0.2) is 34.5 Å². The molecule has 24 heavy (non-hydrogen) atoms. The average Bonchev–Trinajstić information content (AvgIpc) is 2.87. The van der Waals surface area contributed by atoms with Gasteiger partial charge in [-0.2, -0.15) is 5.11 Å². The first-order valence-corrected chi connectivity index (χ1v) is 7.32. The molecule has 0 aliphatic carbocycles. The number of aryl methyl sites for hydroxylation is 2.